The van der Waals surface area contributed by atoms with E-state index < -0.39 is 35.8 Å². The number of aliphatic hydroxyl groups excluding tert-OH is 1. The van der Waals surface area contributed by atoms with Crippen molar-refractivity contribution in [2.75, 3.05) is 0 Å². The van der Waals surface area contributed by atoms with Crippen LogP contribution < -0.4 is 0 Å². The minimum Gasteiger partial charge on any atom is -0.388 e. The van der Waals surface area contributed by atoms with Gasteiger partial charge in [0.15, 0.2) is 11.6 Å². The fourth-order valence-electron chi connectivity index (χ4n) is 1.82. The van der Waals surface area contributed by atoms with Crippen LogP contribution in [0.1, 0.15) is 17.2 Å². The first-order valence-electron chi connectivity index (χ1n) is 5.65. The fraction of sp³-hybridized carbons (Fsp3) is 0.143. The summed E-state index contributed by atoms with van der Waals surface area (Å²) in [6.07, 6.45) is -1.90. The largest absolute Gasteiger partial charge is 0.388 e. The Hall–Kier alpha value is -1.59. The normalized spacial score (nSPS) is 12.5. The molecule has 0 saturated heterocycles. The molecule has 0 fully saturated rings. The maximum atomic E-state index is 13.5. The van der Waals surface area contributed by atoms with Crippen molar-refractivity contribution in [1.29, 1.82) is 0 Å². The topological polar surface area (TPSA) is 20.2 Å². The molecule has 0 radical (unpaired) electrons. The molecule has 0 spiro atoms. The highest BCUT2D eigenvalue weighted by Crippen LogP contribution is 2.29. The van der Waals surface area contributed by atoms with E-state index >= 15 is 0 Å². The van der Waals surface area contributed by atoms with Crippen LogP contribution in [-0.4, -0.2) is 5.11 Å². The molecule has 0 aliphatic carbocycles. The van der Waals surface area contributed by atoms with E-state index in [1.54, 1.807) is 0 Å². The molecule has 0 heterocycles. The van der Waals surface area contributed by atoms with Gasteiger partial charge in [-0.2, -0.15) is 0 Å². The Morgan fingerprint density at radius 3 is 2.10 bits per heavy atom. The molecule has 2 aromatic rings. The molecular formula is C14H9ClF4O. The third-order valence-electron chi connectivity index (χ3n) is 2.86. The van der Waals surface area contributed by atoms with Gasteiger partial charge in [-0.3, -0.25) is 0 Å². The summed E-state index contributed by atoms with van der Waals surface area (Å²) in [5.74, 6) is -4.02. The van der Waals surface area contributed by atoms with Gasteiger partial charge in [0.05, 0.1) is 6.10 Å². The van der Waals surface area contributed by atoms with Gasteiger partial charge < -0.3 is 5.11 Å². The second-order valence-electron chi connectivity index (χ2n) is 4.21. The molecule has 6 heteroatoms. The molecule has 2 aromatic carbocycles. The van der Waals surface area contributed by atoms with Gasteiger partial charge in [-0.25, -0.2) is 17.6 Å². The molecule has 20 heavy (non-hydrogen) atoms. The quantitative estimate of drug-likeness (QED) is 0.666. The lowest BCUT2D eigenvalue weighted by Crippen LogP contribution is -2.07. The van der Waals surface area contributed by atoms with Crippen LogP contribution in [-0.2, 0) is 6.42 Å². The number of halogens is 5. The summed E-state index contributed by atoms with van der Waals surface area (Å²) < 4.78 is 52.9. The summed E-state index contributed by atoms with van der Waals surface area (Å²) in [5, 5.41) is 9.70. The number of hydrogen-bond donors (Lipinski definition) is 1. The lowest BCUT2D eigenvalue weighted by molar-refractivity contribution is 0.175. The van der Waals surface area contributed by atoms with Gasteiger partial charge in [0.1, 0.15) is 11.6 Å². The fourth-order valence-corrected chi connectivity index (χ4v) is 2.10. The predicted molar refractivity (Wildman–Crippen MR) is 66.4 cm³/mol. The second kappa shape index (κ2) is 5.81. The van der Waals surface area contributed by atoms with E-state index in [1.807, 2.05) is 0 Å². The Labute approximate surface area is 117 Å². The first-order valence-corrected chi connectivity index (χ1v) is 6.03. The smallest absolute Gasteiger partial charge is 0.160 e. The SMILES string of the molecule is OC(Cc1c(F)cccc1F)c1cc(F)c(F)cc1Cl. The van der Waals surface area contributed by atoms with E-state index in [0.29, 0.717) is 12.1 Å². The van der Waals surface area contributed by atoms with E-state index in [1.165, 1.54) is 6.07 Å². The lowest BCUT2D eigenvalue weighted by Gasteiger charge is -2.14. The van der Waals surface area contributed by atoms with Crippen LogP contribution in [0.15, 0.2) is 30.3 Å². The van der Waals surface area contributed by atoms with Gasteiger partial charge in [-0.15, -0.1) is 0 Å². The summed E-state index contributed by atoms with van der Waals surface area (Å²) in [6.45, 7) is 0. The molecule has 2 rings (SSSR count). The van der Waals surface area contributed by atoms with E-state index in [4.69, 9.17) is 11.6 Å². The number of hydrogen-bond acceptors (Lipinski definition) is 1. The summed E-state index contributed by atoms with van der Waals surface area (Å²) in [6, 6.07) is 4.68. The summed E-state index contributed by atoms with van der Waals surface area (Å²) in [4.78, 5) is 0. The molecule has 0 bridgehead atoms. The molecule has 1 nitrogen and oxygen atoms in total. The Balaban J connectivity index is 2.33. The van der Waals surface area contributed by atoms with Crippen molar-refractivity contribution < 1.29 is 22.7 Å². The van der Waals surface area contributed by atoms with Crippen LogP contribution >= 0.6 is 11.6 Å². The Morgan fingerprint density at radius 1 is 0.950 bits per heavy atom. The first kappa shape index (κ1) is 14.8. The Kier molecular flexibility index (Phi) is 4.30. The molecule has 0 aliphatic heterocycles. The van der Waals surface area contributed by atoms with E-state index in [-0.39, 0.29) is 16.1 Å². The molecule has 106 valence electrons. The van der Waals surface area contributed by atoms with E-state index in [2.05, 4.69) is 0 Å². The van der Waals surface area contributed by atoms with Crippen molar-refractivity contribution in [3.63, 3.8) is 0 Å². The molecule has 0 saturated carbocycles. The number of aliphatic hydroxyl groups is 1. The highest BCUT2D eigenvalue weighted by atomic mass is 35.5. The Morgan fingerprint density at radius 2 is 1.50 bits per heavy atom. The van der Waals surface area contributed by atoms with E-state index in [0.717, 1.165) is 12.1 Å². The summed E-state index contributed by atoms with van der Waals surface area (Å²) in [5.41, 5.74) is -0.478. The molecule has 1 unspecified atom stereocenters. The third kappa shape index (κ3) is 2.94. The van der Waals surface area contributed by atoms with E-state index in [9.17, 15) is 22.7 Å². The maximum absolute atomic E-state index is 13.5. The zero-order valence-corrected chi connectivity index (χ0v) is 10.8. The first-order chi connectivity index (χ1) is 9.40. The minimum atomic E-state index is -1.45. The zero-order valence-electron chi connectivity index (χ0n) is 10.0. The molecular weight excluding hydrogens is 296 g/mol. The van der Waals surface area contributed by atoms with Crippen molar-refractivity contribution in [2.45, 2.75) is 12.5 Å². The standard InChI is InChI=1S/C14H9ClF4O/c15-9-6-13(19)12(18)4-7(9)14(20)5-8-10(16)2-1-3-11(8)17/h1-4,6,14,20H,5H2. The van der Waals surface area contributed by atoms with Crippen molar-refractivity contribution in [3.8, 4) is 0 Å². The Bertz CT molecular complexity index is 625. The highest BCUT2D eigenvalue weighted by Gasteiger charge is 2.19. The molecule has 0 aromatic heterocycles. The van der Waals surface area contributed by atoms with Gasteiger partial charge in [-0.05, 0) is 24.3 Å². The van der Waals surface area contributed by atoms with Crippen LogP contribution in [0.5, 0.6) is 0 Å². The molecule has 0 aliphatic rings. The van der Waals surface area contributed by atoms with Crippen LogP contribution in [0.4, 0.5) is 17.6 Å². The highest BCUT2D eigenvalue weighted by molar-refractivity contribution is 6.31. The van der Waals surface area contributed by atoms with Crippen molar-refractivity contribution in [1.82, 2.24) is 0 Å². The van der Waals surface area contributed by atoms with Gasteiger partial charge in [0.2, 0.25) is 0 Å². The van der Waals surface area contributed by atoms with Gasteiger partial charge in [-0.1, -0.05) is 17.7 Å². The monoisotopic (exact) mass is 304 g/mol. The zero-order chi connectivity index (χ0) is 14.9. The van der Waals surface area contributed by atoms with Crippen LogP contribution in [0.3, 0.4) is 0 Å². The average Bonchev–Trinajstić information content (AvgIpc) is 2.38. The van der Waals surface area contributed by atoms with Crippen LogP contribution in [0.2, 0.25) is 5.02 Å². The molecule has 1 atom stereocenters. The lowest BCUT2D eigenvalue weighted by atomic mass is 10.0. The summed E-state index contributed by atoms with van der Waals surface area (Å²) in [7, 11) is 0. The van der Waals surface area contributed by atoms with Gasteiger partial charge >= 0.3 is 0 Å². The maximum Gasteiger partial charge on any atom is 0.160 e. The van der Waals surface area contributed by atoms with Crippen molar-refractivity contribution >= 4 is 11.6 Å². The second-order valence-corrected chi connectivity index (χ2v) is 4.62. The predicted octanol–water partition coefficient (Wildman–Crippen LogP) is 4.17. The molecule has 1 N–H and O–H groups in total. The van der Waals surface area contributed by atoms with Gasteiger partial charge in [0, 0.05) is 22.6 Å². The third-order valence-corrected chi connectivity index (χ3v) is 3.19. The number of rotatable bonds is 3. The average molecular weight is 305 g/mol. The number of benzene rings is 2. The van der Waals surface area contributed by atoms with Crippen molar-refractivity contribution in [3.05, 3.63) is 69.8 Å². The van der Waals surface area contributed by atoms with Crippen LogP contribution in [0.25, 0.3) is 0 Å². The minimum absolute atomic E-state index is 0.131. The summed E-state index contributed by atoms with van der Waals surface area (Å²) >= 11 is 5.69. The van der Waals surface area contributed by atoms with Crippen LogP contribution in [0, 0.1) is 23.3 Å². The molecule has 0 amide bonds. The van der Waals surface area contributed by atoms with Gasteiger partial charge in [0.25, 0.3) is 0 Å². The van der Waals surface area contributed by atoms with Crippen molar-refractivity contribution in [2.24, 2.45) is 0 Å².